The molecular weight excluding hydrogens is 230 g/mol. The van der Waals surface area contributed by atoms with Crippen LogP contribution in [-0.2, 0) is 11.8 Å². The van der Waals surface area contributed by atoms with Crippen LogP contribution in [0.1, 0.15) is 36.0 Å². The predicted molar refractivity (Wildman–Crippen MR) is 72.9 cm³/mol. The highest BCUT2D eigenvalue weighted by Gasteiger charge is 2.40. The molecule has 0 radical (unpaired) electrons. The Morgan fingerprint density at radius 1 is 1.18 bits per heavy atom. The molecule has 1 fully saturated rings. The van der Waals surface area contributed by atoms with E-state index in [1.54, 1.807) is 11.1 Å². The normalized spacial score (nSPS) is 23.0. The fraction of sp³-hybridized carbons (Fsp3) is 0.600. The van der Waals surface area contributed by atoms with Crippen molar-refractivity contribution in [1.82, 2.24) is 4.90 Å². The minimum Gasteiger partial charge on any atom is -0.306 e. The van der Waals surface area contributed by atoms with E-state index in [0.29, 0.717) is 5.41 Å². The topological polar surface area (TPSA) is 3.24 Å². The van der Waals surface area contributed by atoms with E-state index in [2.05, 4.69) is 31.0 Å². The summed E-state index contributed by atoms with van der Waals surface area (Å²) in [6, 6.07) is 4.56. The van der Waals surface area contributed by atoms with Crippen LogP contribution in [0, 0.1) is 6.92 Å². The molecule has 1 nitrogen and oxygen atoms in total. The number of nitrogens with zero attached hydrogens (tertiary/aromatic N) is 1. The van der Waals surface area contributed by atoms with Crippen molar-refractivity contribution in [2.24, 2.45) is 0 Å². The van der Waals surface area contributed by atoms with E-state index in [0.717, 1.165) is 5.02 Å². The number of piperidine rings is 1. The Morgan fingerprint density at radius 3 is 2.59 bits per heavy atom. The largest absolute Gasteiger partial charge is 0.306 e. The molecule has 0 saturated carbocycles. The average molecular weight is 250 g/mol. The third-order valence-corrected chi connectivity index (χ3v) is 5.18. The van der Waals surface area contributed by atoms with Crippen LogP contribution in [0.25, 0.3) is 0 Å². The second-order valence-electron chi connectivity index (χ2n) is 5.84. The second-order valence-corrected chi connectivity index (χ2v) is 6.25. The molecule has 0 aromatic heterocycles. The van der Waals surface area contributed by atoms with E-state index in [4.69, 9.17) is 11.6 Å². The lowest BCUT2D eigenvalue weighted by atomic mass is 9.74. The van der Waals surface area contributed by atoms with Crippen LogP contribution in [0.2, 0.25) is 5.02 Å². The Hall–Kier alpha value is -0.530. The van der Waals surface area contributed by atoms with E-state index >= 15 is 0 Å². The van der Waals surface area contributed by atoms with Crippen LogP contribution in [0.15, 0.2) is 12.1 Å². The van der Waals surface area contributed by atoms with Gasteiger partial charge >= 0.3 is 0 Å². The van der Waals surface area contributed by atoms with Gasteiger partial charge in [0.1, 0.15) is 0 Å². The van der Waals surface area contributed by atoms with Crippen LogP contribution in [-0.4, -0.2) is 25.0 Å². The van der Waals surface area contributed by atoms with E-state index in [1.165, 1.54) is 44.3 Å². The van der Waals surface area contributed by atoms with Crippen molar-refractivity contribution in [3.63, 3.8) is 0 Å². The van der Waals surface area contributed by atoms with Crippen molar-refractivity contribution < 1.29 is 0 Å². The fourth-order valence-corrected chi connectivity index (χ4v) is 3.68. The quantitative estimate of drug-likeness (QED) is 0.680. The van der Waals surface area contributed by atoms with Gasteiger partial charge < -0.3 is 4.90 Å². The zero-order valence-electron chi connectivity index (χ0n) is 10.7. The number of fused-ring (bicyclic) bond motifs is 2. The molecule has 0 N–H and O–H groups in total. The van der Waals surface area contributed by atoms with Crippen LogP contribution in [0.5, 0.6) is 0 Å². The monoisotopic (exact) mass is 249 g/mol. The number of benzene rings is 1. The van der Waals surface area contributed by atoms with Crippen molar-refractivity contribution >= 4 is 11.6 Å². The highest BCUT2D eigenvalue weighted by atomic mass is 35.5. The minimum absolute atomic E-state index is 0.444. The Bertz CT molecular complexity index is 444. The molecule has 1 saturated heterocycles. The van der Waals surface area contributed by atoms with Crippen molar-refractivity contribution in [3.8, 4) is 0 Å². The Labute approximate surface area is 109 Å². The summed E-state index contributed by atoms with van der Waals surface area (Å²) in [5.41, 5.74) is 4.78. The smallest absolute Gasteiger partial charge is 0.0438 e. The van der Waals surface area contributed by atoms with Gasteiger partial charge in [0.25, 0.3) is 0 Å². The van der Waals surface area contributed by atoms with E-state index < -0.39 is 0 Å². The minimum atomic E-state index is 0.444. The molecule has 3 rings (SSSR count). The van der Waals surface area contributed by atoms with Gasteiger partial charge in [-0.25, -0.2) is 0 Å². The number of halogens is 1. The van der Waals surface area contributed by atoms with E-state index in [1.807, 2.05) is 0 Å². The first kappa shape index (κ1) is 11.6. The summed E-state index contributed by atoms with van der Waals surface area (Å²) in [5, 5.41) is 0.948. The summed E-state index contributed by atoms with van der Waals surface area (Å²) < 4.78 is 0. The number of hydrogen-bond donors (Lipinski definition) is 0. The highest BCUT2D eigenvalue weighted by molar-refractivity contribution is 6.31. The molecule has 2 aliphatic rings. The molecule has 0 amide bonds. The van der Waals surface area contributed by atoms with Crippen LogP contribution < -0.4 is 0 Å². The summed E-state index contributed by atoms with van der Waals surface area (Å²) in [4.78, 5) is 2.44. The standard InChI is InChI=1S/C15H20ClN/c1-11-9-12-3-4-15(13(12)10-14(11)16)5-7-17(2)8-6-15/h9-10H,3-8H2,1-2H3. The average Bonchev–Trinajstić information content (AvgIpc) is 2.64. The maximum atomic E-state index is 6.31. The van der Waals surface area contributed by atoms with Crippen LogP contribution in [0.4, 0.5) is 0 Å². The molecule has 0 bridgehead atoms. The lowest BCUT2D eigenvalue weighted by molar-refractivity contribution is 0.187. The SMILES string of the molecule is Cc1cc2c(cc1Cl)C1(CC2)CCN(C)CC1. The number of likely N-dealkylation sites (tertiary alicyclic amines) is 1. The lowest BCUT2D eigenvalue weighted by Crippen LogP contribution is -2.39. The predicted octanol–water partition coefficient (Wildman–Crippen LogP) is 3.56. The molecule has 1 aliphatic heterocycles. The van der Waals surface area contributed by atoms with Gasteiger partial charge in [0, 0.05) is 5.02 Å². The molecule has 2 heteroatoms. The highest BCUT2D eigenvalue weighted by Crippen LogP contribution is 2.47. The molecule has 0 atom stereocenters. The summed E-state index contributed by atoms with van der Waals surface area (Å²) in [5.74, 6) is 0. The van der Waals surface area contributed by atoms with Gasteiger partial charge in [-0.05, 0) is 80.9 Å². The first-order chi connectivity index (χ1) is 8.11. The van der Waals surface area contributed by atoms with E-state index in [-0.39, 0.29) is 0 Å². The zero-order valence-corrected chi connectivity index (χ0v) is 11.5. The maximum Gasteiger partial charge on any atom is 0.0438 e. The van der Waals surface area contributed by atoms with E-state index in [9.17, 15) is 0 Å². The fourth-order valence-electron chi connectivity index (χ4n) is 3.52. The third-order valence-electron chi connectivity index (χ3n) is 4.77. The first-order valence-corrected chi connectivity index (χ1v) is 6.97. The molecule has 0 unspecified atom stereocenters. The Balaban J connectivity index is 2.00. The molecule has 17 heavy (non-hydrogen) atoms. The van der Waals surface area contributed by atoms with Gasteiger partial charge in [0.05, 0.1) is 0 Å². The molecule has 1 aromatic rings. The molecule has 1 heterocycles. The van der Waals surface area contributed by atoms with Crippen molar-refractivity contribution in [2.45, 2.75) is 38.0 Å². The van der Waals surface area contributed by atoms with Gasteiger partial charge in [0.2, 0.25) is 0 Å². The number of aryl methyl sites for hydroxylation is 2. The van der Waals surface area contributed by atoms with Crippen molar-refractivity contribution in [1.29, 1.82) is 0 Å². The number of rotatable bonds is 0. The third kappa shape index (κ3) is 1.80. The summed E-state index contributed by atoms with van der Waals surface area (Å²) in [6.45, 7) is 4.57. The molecule has 1 aromatic carbocycles. The first-order valence-electron chi connectivity index (χ1n) is 6.59. The van der Waals surface area contributed by atoms with Crippen molar-refractivity contribution in [3.05, 3.63) is 33.8 Å². The number of hydrogen-bond acceptors (Lipinski definition) is 1. The van der Waals surface area contributed by atoms with Gasteiger partial charge in [-0.1, -0.05) is 17.7 Å². The molecule has 1 spiro atoms. The van der Waals surface area contributed by atoms with Crippen LogP contribution >= 0.6 is 11.6 Å². The van der Waals surface area contributed by atoms with Gasteiger partial charge in [0.15, 0.2) is 0 Å². The summed E-state index contributed by atoms with van der Waals surface area (Å²) in [7, 11) is 2.23. The maximum absolute atomic E-state index is 6.31. The van der Waals surface area contributed by atoms with Crippen LogP contribution in [0.3, 0.4) is 0 Å². The summed E-state index contributed by atoms with van der Waals surface area (Å²) in [6.07, 6.45) is 5.18. The van der Waals surface area contributed by atoms with Gasteiger partial charge in [-0.3, -0.25) is 0 Å². The van der Waals surface area contributed by atoms with Gasteiger partial charge in [-0.2, -0.15) is 0 Å². The zero-order chi connectivity index (χ0) is 12.0. The molecular formula is C15H20ClN. The second kappa shape index (κ2) is 4.00. The van der Waals surface area contributed by atoms with Gasteiger partial charge in [-0.15, -0.1) is 0 Å². The Morgan fingerprint density at radius 2 is 1.88 bits per heavy atom. The molecule has 92 valence electrons. The molecule has 1 aliphatic carbocycles. The summed E-state index contributed by atoms with van der Waals surface area (Å²) >= 11 is 6.31. The Kier molecular flexibility index (Phi) is 2.72. The van der Waals surface area contributed by atoms with Crippen molar-refractivity contribution in [2.75, 3.05) is 20.1 Å². The lowest BCUT2D eigenvalue weighted by Gasteiger charge is -2.38.